The summed E-state index contributed by atoms with van der Waals surface area (Å²) in [5.41, 5.74) is 1.29. The Balaban J connectivity index is 2.33. The van der Waals surface area contributed by atoms with Crippen molar-refractivity contribution in [1.29, 1.82) is 0 Å². The Morgan fingerprint density at radius 2 is 2.10 bits per heavy atom. The maximum Gasteiger partial charge on any atom is 0.208 e. The van der Waals surface area contributed by atoms with Crippen molar-refractivity contribution in [3.05, 3.63) is 41.7 Å². The Bertz CT molecular complexity index is 598. The van der Waals surface area contributed by atoms with E-state index < -0.39 is 11.6 Å². The smallest absolute Gasteiger partial charge is 0.208 e. The van der Waals surface area contributed by atoms with Crippen molar-refractivity contribution in [3.63, 3.8) is 0 Å². The SMILES string of the molecule is COCC(C)Nc1nc(C)cn1-c1ccc(F)c(F)c1. The fourth-order valence-corrected chi connectivity index (χ4v) is 1.94. The molecule has 1 aromatic heterocycles. The summed E-state index contributed by atoms with van der Waals surface area (Å²) in [5.74, 6) is -1.18. The van der Waals surface area contributed by atoms with E-state index >= 15 is 0 Å². The van der Waals surface area contributed by atoms with Gasteiger partial charge in [-0.3, -0.25) is 4.57 Å². The minimum absolute atomic E-state index is 0.0471. The first-order chi connectivity index (χ1) is 9.51. The monoisotopic (exact) mass is 281 g/mol. The molecule has 1 unspecified atom stereocenters. The third-order valence-corrected chi connectivity index (χ3v) is 2.80. The lowest BCUT2D eigenvalue weighted by Gasteiger charge is -2.15. The number of anilines is 1. The van der Waals surface area contributed by atoms with Gasteiger partial charge in [0.1, 0.15) is 0 Å². The topological polar surface area (TPSA) is 39.1 Å². The molecule has 0 amide bonds. The fourth-order valence-electron chi connectivity index (χ4n) is 1.94. The summed E-state index contributed by atoms with van der Waals surface area (Å²) >= 11 is 0. The molecule has 1 aromatic carbocycles. The number of aromatic nitrogens is 2. The van der Waals surface area contributed by atoms with E-state index in [0.717, 1.165) is 17.8 Å². The molecule has 1 heterocycles. The molecule has 0 spiro atoms. The van der Waals surface area contributed by atoms with E-state index in [2.05, 4.69) is 10.3 Å². The van der Waals surface area contributed by atoms with Crippen molar-refractivity contribution >= 4 is 5.95 Å². The largest absolute Gasteiger partial charge is 0.383 e. The lowest BCUT2D eigenvalue weighted by atomic mass is 10.3. The van der Waals surface area contributed by atoms with Crippen molar-refractivity contribution in [2.75, 3.05) is 19.0 Å². The van der Waals surface area contributed by atoms with Gasteiger partial charge in [-0.2, -0.15) is 0 Å². The average molecular weight is 281 g/mol. The second-order valence-corrected chi connectivity index (χ2v) is 4.68. The summed E-state index contributed by atoms with van der Waals surface area (Å²) < 4.78 is 33.1. The van der Waals surface area contributed by atoms with Crippen LogP contribution in [0.15, 0.2) is 24.4 Å². The molecule has 0 aliphatic rings. The van der Waals surface area contributed by atoms with Crippen molar-refractivity contribution < 1.29 is 13.5 Å². The van der Waals surface area contributed by atoms with Crippen LogP contribution in [0.1, 0.15) is 12.6 Å². The summed E-state index contributed by atoms with van der Waals surface area (Å²) in [6, 6.07) is 3.79. The molecule has 0 fully saturated rings. The van der Waals surface area contributed by atoms with Crippen molar-refractivity contribution in [2.24, 2.45) is 0 Å². The van der Waals surface area contributed by atoms with Crippen LogP contribution >= 0.6 is 0 Å². The van der Waals surface area contributed by atoms with Gasteiger partial charge in [0.05, 0.1) is 18.0 Å². The van der Waals surface area contributed by atoms with Gasteiger partial charge in [-0.15, -0.1) is 0 Å². The lowest BCUT2D eigenvalue weighted by molar-refractivity contribution is 0.190. The number of methoxy groups -OCH3 is 1. The van der Waals surface area contributed by atoms with Gasteiger partial charge in [-0.05, 0) is 26.0 Å². The first kappa shape index (κ1) is 14.5. The second-order valence-electron chi connectivity index (χ2n) is 4.68. The molecule has 108 valence electrons. The molecule has 0 saturated carbocycles. The highest BCUT2D eigenvalue weighted by molar-refractivity contribution is 5.43. The van der Waals surface area contributed by atoms with Gasteiger partial charge in [0, 0.05) is 25.4 Å². The maximum absolute atomic E-state index is 13.3. The zero-order valence-corrected chi connectivity index (χ0v) is 11.7. The number of ether oxygens (including phenoxy) is 1. The molecule has 4 nitrogen and oxygen atoms in total. The van der Waals surface area contributed by atoms with Crippen molar-refractivity contribution in [2.45, 2.75) is 19.9 Å². The summed E-state index contributed by atoms with van der Waals surface area (Å²) in [4.78, 5) is 4.34. The lowest BCUT2D eigenvalue weighted by Crippen LogP contribution is -2.22. The van der Waals surface area contributed by atoms with Gasteiger partial charge in [0.25, 0.3) is 0 Å². The number of hydrogen-bond acceptors (Lipinski definition) is 3. The zero-order valence-electron chi connectivity index (χ0n) is 11.7. The van der Waals surface area contributed by atoms with E-state index in [0.29, 0.717) is 18.2 Å². The number of aryl methyl sites for hydroxylation is 1. The Labute approximate surface area is 116 Å². The molecule has 0 radical (unpaired) electrons. The van der Waals surface area contributed by atoms with Gasteiger partial charge < -0.3 is 10.1 Å². The summed E-state index contributed by atoms with van der Waals surface area (Å²) in [7, 11) is 1.62. The predicted molar refractivity (Wildman–Crippen MR) is 73.2 cm³/mol. The van der Waals surface area contributed by atoms with E-state index in [9.17, 15) is 8.78 Å². The summed E-state index contributed by atoms with van der Waals surface area (Å²) in [6.45, 7) is 4.30. The number of nitrogens with zero attached hydrogens (tertiary/aromatic N) is 2. The van der Waals surface area contributed by atoms with Crippen molar-refractivity contribution in [3.8, 4) is 5.69 Å². The highest BCUT2D eigenvalue weighted by Crippen LogP contribution is 2.19. The molecule has 0 bridgehead atoms. The number of imidazole rings is 1. The number of hydrogen-bond donors (Lipinski definition) is 1. The highest BCUT2D eigenvalue weighted by atomic mass is 19.2. The van der Waals surface area contributed by atoms with Crippen LogP contribution in [0, 0.1) is 18.6 Å². The molecule has 2 aromatic rings. The van der Waals surface area contributed by atoms with Crippen LogP contribution in [0.2, 0.25) is 0 Å². The van der Waals surface area contributed by atoms with Crippen LogP contribution in [0.3, 0.4) is 0 Å². The Hall–Kier alpha value is -1.95. The van der Waals surface area contributed by atoms with Gasteiger partial charge in [0.2, 0.25) is 5.95 Å². The van der Waals surface area contributed by atoms with E-state index in [-0.39, 0.29) is 6.04 Å². The molecule has 20 heavy (non-hydrogen) atoms. The van der Waals surface area contributed by atoms with Crippen LogP contribution in [-0.2, 0) is 4.74 Å². The van der Waals surface area contributed by atoms with Crippen LogP contribution in [0.4, 0.5) is 14.7 Å². The van der Waals surface area contributed by atoms with E-state index in [1.165, 1.54) is 6.07 Å². The third kappa shape index (κ3) is 3.14. The first-order valence-electron chi connectivity index (χ1n) is 6.28. The highest BCUT2D eigenvalue weighted by Gasteiger charge is 2.12. The first-order valence-corrected chi connectivity index (χ1v) is 6.28. The average Bonchev–Trinajstić information content (AvgIpc) is 2.74. The molecule has 0 aliphatic heterocycles. The number of nitrogens with one attached hydrogen (secondary N) is 1. The van der Waals surface area contributed by atoms with Gasteiger partial charge in [-0.1, -0.05) is 0 Å². The molecule has 6 heteroatoms. The quantitative estimate of drug-likeness (QED) is 0.916. The standard InChI is InChI=1S/C14H17F2N3O/c1-9-7-19(11-4-5-12(15)13(16)6-11)14(17-9)18-10(2)8-20-3/h4-7,10H,8H2,1-3H3,(H,17,18). The molecule has 1 N–H and O–H groups in total. The van der Waals surface area contributed by atoms with Gasteiger partial charge >= 0.3 is 0 Å². The zero-order chi connectivity index (χ0) is 14.7. The molecule has 0 saturated heterocycles. The Kier molecular flexibility index (Phi) is 4.34. The number of benzene rings is 1. The van der Waals surface area contributed by atoms with Gasteiger partial charge in [0.15, 0.2) is 11.6 Å². The molecular weight excluding hydrogens is 264 g/mol. The van der Waals surface area contributed by atoms with E-state index in [4.69, 9.17) is 4.74 Å². The minimum Gasteiger partial charge on any atom is -0.383 e. The normalized spacial score (nSPS) is 12.4. The summed E-state index contributed by atoms with van der Waals surface area (Å²) in [6.07, 6.45) is 1.76. The third-order valence-electron chi connectivity index (χ3n) is 2.80. The molecule has 1 atom stereocenters. The maximum atomic E-state index is 13.3. The van der Waals surface area contributed by atoms with Crippen LogP contribution < -0.4 is 5.32 Å². The fraction of sp³-hybridized carbons (Fsp3) is 0.357. The molecule has 2 rings (SSSR count). The second kappa shape index (κ2) is 6.00. The molecular formula is C14H17F2N3O. The van der Waals surface area contributed by atoms with E-state index in [1.54, 1.807) is 17.9 Å². The van der Waals surface area contributed by atoms with Crippen LogP contribution in [-0.4, -0.2) is 29.3 Å². The Morgan fingerprint density at radius 1 is 1.35 bits per heavy atom. The van der Waals surface area contributed by atoms with Gasteiger partial charge in [-0.25, -0.2) is 13.8 Å². The predicted octanol–water partition coefficient (Wildman–Crippen LogP) is 2.91. The van der Waals surface area contributed by atoms with Crippen LogP contribution in [0.5, 0.6) is 0 Å². The molecule has 0 aliphatic carbocycles. The summed E-state index contributed by atoms with van der Waals surface area (Å²) in [5, 5.41) is 3.18. The Morgan fingerprint density at radius 3 is 2.75 bits per heavy atom. The van der Waals surface area contributed by atoms with E-state index in [1.807, 2.05) is 13.8 Å². The van der Waals surface area contributed by atoms with Crippen LogP contribution in [0.25, 0.3) is 5.69 Å². The number of halogens is 2. The van der Waals surface area contributed by atoms with Crippen molar-refractivity contribution in [1.82, 2.24) is 9.55 Å². The minimum atomic E-state index is -0.884. The number of rotatable bonds is 5.